The largest absolute Gasteiger partial charge is 0.573 e. The summed E-state index contributed by atoms with van der Waals surface area (Å²) >= 11 is 0. The molecule has 2 nitrogen and oxygen atoms in total. The van der Waals surface area contributed by atoms with Gasteiger partial charge in [0.05, 0.1) is 6.10 Å². The summed E-state index contributed by atoms with van der Waals surface area (Å²) in [7, 11) is 0. The van der Waals surface area contributed by atoms with Crippen molar-refractivity contribution in [3.05, 3.63) is 36.4 Å². The van der Waals surface area contributed by atoms with Crippen LogP contribution in [-0.4, -0.2) is 12.5 Å². The van der Waals surface area contributed by atoms with E-state index in [9.17, 15) is 13.2 Å². The van der Waals surface area contributed by atoms with Crippen LogP contribution in [0.1, 0.15) is 19.4 Å². The molecule has 0 N–H and O–H groups in total. The predicted octanol–water partition coefficient (Wildman–Crippen LogP) is 3.71. The van der Waals surface area contributed by atoms with Gasteiger partial charge in [-0.25, -0.2) is 0 Å². The normalized spacial score (nSPS) is 11.4. The van der Waals surface area contributed by atoms with Crippen LogP contribution in [0.5, 0.6) is 11.5 Å². The number of hydrogen-bond donors (Lipinski definition) is 0. The van der Waals surface area contributed by atoms with Gasteiger partial charge in [-0.05, 0) is 37.6 Å². The first-order chi connectivity index (χ1) is 7.81. The Morgan fingerprint density at radius 3 is 2.35 bits per heavy atom. The minimum atomic E-state index is -4.76. The lowest BCUT2D eigenvalue weighted by atomic mass is 10.2. The molecule has 0 atom stereocenters. The Labute approximate surface area is 97.7 Å². The molecule has 0 saturated heterocycles. The molecule has 0 spiro atoms. The Hall–Kier alpha value is -1.65. The lowest BCUT2D eigenvalue weighted by Gasteiger charge is -2.16. The zero-order chi connectivity index (χ0) is 13.1. The molecule has 1 radical (unpaired) electrons. The molecule has 93 valence electrons. The van der Waals surface area contributed by atoms with Gasteiger partial charge in [0.2, 0.25) is 0 Å². The molecule has 1 aromatic rings. The van der Waals surface area contributed by atoms with Gasteiger partial charge in [-0.1, -0.05) is 12.6 Å². The molecular formula is C12H12F3O2. The van der Waals surface area contributed by atoms with Gasteiger partial charge in [0, 0.05) is 0 Å². The lowest BCUT2D eigenvalue weighted by molar-refractivity contribution is -0.275. The fraction of sp³-hybridized carbons (Fsp3) is 0.333. The zero-order valence-corrected chi connectivity index (χ0v) is 9.47. The van der Waals surface area contributed by atoms with E-state index >= 15 is 0 Å². The molecule has 0 heterocycles. The van der Waals surface area contributed by atoms with E-state index in [0.717, 1.165) is 0 Å². The quantitative estimate of drug-likeness (QED) is 0.805. The zero-order valence-electron chi connectivity index (χ0n) is 9.47. The topological polar surface area (TPSA) is 18.5 Å². The number of rotatable bonds is 4. The molecule has 17 heavy (non-hydrogen) atoms. The number of hydrogen-bond acceptors (Lipinski definition) is 2. The highest BCUT2D eigenvalue weighted by Crippen LogP contribution is 2.33. The highest BCUT2D eigenvalue weighted by molar-refractivity contribution is 5.44. The van der Waals surface area contributed by atoms with Crippen molar-refractivity contribution in [2.24, 2.45) is 0 Å². The van der Waals surface area contributed by atoms with Crippen molar-refractivity contribution in [3.63, 3.8) is 0 Å². The Balaban J connectivity index is 3.07. The third-order valence-corrected chi connectivity index (χ3v) is 1.74. The second-order valence-corrected chi connectivity index (χ2v) is 3.55. The van der Waals surface area contributed by atoms with E-state index in [4.69, 9.17) is 4.74 Å². The van der Waals surface area contributed by atoms with Crippen molar-refractivity contribution in [3.8, 4) is 11.5 Å². The molecule has 0 aliphatic carbocycles. The van der Waals surface area contributed by atoms with Crippen LogP contribution in [0.3, 0.4) is 0 Å². The summed E-state index contributed by atoms with van der Waals surface area (Å²) in [5.41, 5.74) is 0.403. The lowest BCUT2D eigenvalue weighted by Crippen LogP contribution is -2.18. The van der Waals surface area contributed by atoms with Gasteiger partial charge in [-0.2, -0.15) is 0 Å². The van der Waals surface area contributed by atoms with Crippen molar-refractivity contribution >= 4 is 0 Å². The van der Waals surface area contributed by atoms with Crippen LogP contribution in [0.2, 0.25) is 0 Å². The fourth-order valence-electron chi connectivity index (χ4n) is 1.17. The van der Waals surface area contributed by atoms with E-state index in [1.807, 2.05) is 0 Å². The maximum Gasteiger partial charge on any atom is 0.573 e. The van der Waals surface area contributed by atoms with Crippen molar-refractivity contribution in [2.45, 2.75) is 26.3 Å². The molecule has 0 aromatic heterocycles. The van der Waals surface area contributed by atoms with Gasteiger partial charge in [0.1, 0.15) is 0 Å². The SMILES string of the molecule is C=[C]c1ccc(OC(C)C)c(OC(F)(F)F)c1. The minimum Gasteiger partial charge on any atom is -0.487 e. The molecule has 0 saturated carbocycles. The first kappa shape index (κ1) is 13.4. The van der Waals surface area contributed by atoms with E-state index in [0.29, 0.717) is 5.56 Å². The summed E-state index contributed by atoms with van der Waals surface area (Å²) in [6.45, 7) is 6.78. The maximum absolute atomic E-state index is 12.2. The smallest absolute Gasteiger partial charge is 0.487 e. The molecule has 1 aromatic carbocycles. The summed E-state index contributed by atoms with van der Waals surface area (Å²) in [4.78, 5) is 0. The highest BCUT2D eigenvalue weighted by Gasteiger charge is 2.32. The standard InChI is InChI=1S/C12H12F3O2/c1-4-9-5-6-10(16-8(2)3)11(7-9)17-12(13,14)15/h5-8H,1H2,2-3H3. The van der Waals surface area contributed by atoms with Crippen LogP contribution >= 0.6 is 0 Å². The fourth-order valence-corrected chi connectivity index (χ4v) is 1.17. The molecule has 0 unspecified atom stereocenters. The molecule has 1 rings (SSSR count). The summed E-state index contributed by atoms with van der Waals surface area (Å²) in [5, 5.41) is 0. The maximum atomic E-state index is 12.2. The van der Waals surface area contributed by atoms with Crippen molar-refractivity contribution in [2.75, 3.05) is 0 Å². The average Bonchev–Trinajstić information content (AvgIpc) is 2.17. The van der Waals surface area contributed by atoms with E-state index in [2.05, 4.69) is 17.4 Å². The van der Waals surface area contributed by atoms with Crippen molar-refractivity contribution < 1.29 is 22.6 Å². The van der Waals surface area contributed by atoms with Gasteiger partial charge in [-0.15, -0.1) is 13.2 Å². The summed E-state index contributed by atoms with van der Waals surface area (Å²) < 4.78 is 45.6. The third-order valence-electron chi connectivity index (χ3n) is 1.74. The summed E-state index contributed by atoms with van der Waals surface area (Å²) in [6, 6.07) is 4.13. The molecule has 0 fully saturated rings. The molecule has 5 heteroatoms. The number of halogens is 3. The second-order valence-electron chi connectivity index (χ2n) is 3.55. The van der Waals surface area contributed by atoms with Crippen LogP contribution in [0.25, 0.3) is 0 Å². The number of benzene rings is 1. The van der Waals surface area contributed by atoms with Crippen molar-refractivity contribution in [1.29, 1.82) is 0 Å². The van der Waals surface area contributed by atoms with E-state index in [1.165, 1.54) is 12.1 Å². The third kappa shape index (κ3) is 4.38. The summed E-state index contributed by atoms with van der Waals surface area (Å²) in [6.07, 6.45) is -2.52. The first-order valence-electron chi connectivity index (χ1n) is 4.91. The predicted molar refractivity (Wildman–Crippen MR) is 56.9 cm³/mol. The Kier molecular flexibility index (Phi) is 4.04. The Bertz CT molecular complexity index is 397. The molecule has 0 amide bonds. The molecule has 0 aliphatic rings. The first-order valence-corrected chi connectivity index (χ1v) is 4.91. The average molecular weight is 245 g/mol. The van der Waals surface area contributed by atoms with Crippen LogP contribution in [0.4, 0.5) is 13.2 Å². The van der Waals surface area contributed by atoms with Gasteiger partial charge in [-0.3, -0.25) is 0 Å². The van der Waals surface area contributed by atoms with Crippen LogP contribution in [0, 0.1) is 6.08 Å². The van der Waals surface area contributed by atoms with Crippen LogP contribution in [-0.2, 0) is 0 Å². The Morgan fingerprint density at radius 2 is 1.88 bits per heavy atom. The molecule has 0 aliphatic heterocycles. The minimum absolute atomic E-state index is 0.0383. The number of ether oxygens (including phenoxy) is 2. The van der Waals surface area contributed by atoms with E-state index < -0.39 is 6.36 Å². The molecular weight excluding hydrogens is 233 g/mol. The highest BCUT2D eigenvalue weighted by atomic mass is 19.4. The second kappa shape index (κ2) is 5.12. The molecule has 0 bridgehead atoms. The summed E-state index contributed by atoms with van der Waals surface area (Å²) in [5.74, 6) is -0.351. The number of alkyl halides is 3. The van der Waals surface area contributed by atoms with E-state index in [1.54, 1.807) is 19.9 Å². The van der Waals surface area contributed by atoms with Crippen molar-refractivity contribution in [1.82, 2.24) is 0 Å². The van der Waals surface area contributed by atoms with E-state index in [-0.39, 0.29) is 17.6 Å². The van der Waals surface area contributed by atoms with Gasteiger partial charge >= 0.3 is 6.36 Å². The monoisotopic (exact) mass is 245 g/mol. The van der Waals surface area contributed by atoms with Gasteiger partial charge < -0.3 is 9.47 Å². The van der Waals surface area contributed by atoms with Gasteiger partial charge in [0.25, 0.3) is 0 Å². The van der Waals surface area contributed by atoms with Gasteiger partial charge in [0.15, 0.2) is 11.5 Å². The van der Waals surface area contributed by atoms with Crippen LogP contribution in [0.15, 0.2) is 24.8 Å². The van der Waals surface area contributed by atoms with Crippen LogP contribution < -0.4 is 9.47 Å². The Morgan fingerprint density at radius 1 is 1.24 bits per heavy atom.